The molecule has 142 valence electrons. The Hall–Kier alpha value is -2.76. The molecule has 11 heteroatoms. The zero-order valence-electron chi connectivity index (χ0n) is 14.1. The van der Waals surface area contributed by atoms with Crippen LogP contribution < -0.4 is 4.72 Å². The van der Waals surface area contributed by atoms with E-state index >= 15 is 0 Å². The molecule has 0 amide bonds. The van der Waals surface area contributed by atoms with Gasteiger partial charge in [0, 0.05) is 6.61 Å². The summed E-state index contributed by atoms with van der Waals surface area (Å²) in [5, 5.41) is 21.2. The average molecular weight is 392 g/mol. The van der Waals surface area contributed by atoms with Crippen LogP contribution in [0.25, 0.3) is 0 Å². The van der Waals surface area contributed by atoms with Crippen LogP contribution in [0.3, 0.4) is 0 Å². The van der Waals surface area contributed by atoms with Crippen molar-refractivity contribution in [1.82, 2.24) is 29.9 Å². The number of aliphatic hydroxyl groups excluding tert-OH is 1. The van der Waals surface area contributed by atoms with Gasteiger partial charge in [-0.3, -0.25) is 4.98 Å². The third-order valence-corrected chi connectivity index (χ3v) is 5.13. The summed E-state index contributed by atoms with van der Waals surface area (Å²) in [7, 11) is -3.82. The normalized spacial score (nSPS) is 12.8. The van der Waals surface area contributed by atoms with E-state index in [4.69, 9.17) is 0 Å². The maximum absolute atomic E-state index is 12.9. The lowest BCUT2D eigenvalue weighted by atomic mass is 10.2. The van der Waals surface area contributed by atoms with Crippen molar-refractivity contribution < 1.29 is 17.9 Å². The first-order valence-corrected chi connectivity index (χ1v) is 9.52. The summed E-state index contributed by atoms with van der Waals surface area (Å²) in [4.78, 5) is 5.22. The molecule has 2 heterocycles. The van der Waals surface area contributed by atoms with E-state index in [9.17, 15) is 17.9 Å². The molecule has 0 aliphatic carbocycles. The zero-order valence-corrected chi connectivity index (χ0v) is 14.9. The number of rotatable bonds is 8. The van der Waals surface area contributed by atoms with Gasteiger partial charge in [0.2, 0.25) is 10.0 Å². The fourth-order valence-electron chi connectivity index (χ4n) is 2.33. The quantitative estimate of drug-likeness (QED) is 0.577. The third-order valence-electron chi connectivity index (χ3n) is 3.64. The molecule has 27 heavy (non-hydrogen) atoms. The van der Waals surface area contributed by atoms with Crippen LogP contribution in [0.15, 0.2) is 53.6 Å². The standard InChI is InChI=1S/C16H17FN6O3S/c17-12-6-7-13(18-10-12)11-23-20-16(19-22-23)15(8-9-24)21-27(25,26)14-4-2-1-3-5-14/h1-7,10,15,21,24H,8-9,11H2. The number of hydrogen-bond acceptors (Lipinski definition) is 7. The molecule has 0 bridgehead atoms. The van der Waals surface area contributed by atoms with Crippen molar-refractivity contribution >= 4 is 10.0 Å². The minimum absolute atomic E-state index is 0.0759. The second-order valence-corrected chi connectivity index (χ2v) is 7.36. The summed E-state index contributed by atoms with van der Waals surface area (Å²) >= 11 is 0. The topological polar surface area (TPSA) is 123 Å². The molecule has 3 aromatic rings. The fourth-order valence-corrected chi connectivity index (χ4v) is 3.58. The highest BCUT2D eigenvalue weighted by molar-refractivity contribution is 7.89. The average Bonchev–Trinajstić information content (AvgIpc) is 3.12. The van der Waals surface area contributed by atoms with Crippen molar-refractivity contribution in [3.63, 3.8) is 0 Å². The van der Waals surface area contributed by atoms with E-state index in [1.54, 1.807) is 18.2 Å². The lowest BCUT2D eigenvalue weighted by molar-refractivity contribution is 0.270. The van der Waals surface area contributed by atoms with Crippen molar-refractivity contribution in [2.75, 3.05) is 6.61 Å². The lowest BCUT2D eigenvalue weighted by Gasteiger charge is -2.14. The van der Waals surface area contributed by atoms with Crippen molar-refractivity contribution in [2.45, 2.75) is 23.9 Å². The van der Waals surface area contributed by atoms with Crippen molar-refractivity contribution in [3.8, 4) is 0 Å². The summed E-state index contributed by atoms with van der Waals surface area (Å²) in [5.41, 5.74) is 0.518. The van der Waals surface area contributed by atoms with Crippen LogP contribution in [0.1, 0.15) is 24.0 Å². The van der Waals surface area contributed by atoms with Gasteiger partial charge in [0.25, 0.3) is 0 Å². The Kier molecular flexibility index (Phi) is 5.84. The van der Waals surface area contributed by atoms with Gasteiger partial charge >= 0.3 is 0 Å². The number of aliphatic hydroxyl groups is 1. The molecule has 0 saturated carbocycles. The summed E-state index contributed by atoms with van der Waals surface area (Å²) in [6.45, 7) is -0.124. The van der Waals surface area contributed by atoms with Gasteiger partial charge in [0.05, 0.1) is 22.8 Å². The van der Waals surface area contributed by atoms with Gasteiger partial charge in [-0.1, -0.05) is 18.2 Å². The van der Waals surface area contributed by atoms with Crippen molar-refractivity contribution in [2.24, 2.45) is 0 Å². The molecule has 9 nitrogen and oxygen atoms in total. The predicted molar refractivity (Wildman–Crippen MR) is 92.3 cm³/mol. The van der Waals surface area contributed by atoms with Gasteiger partial charge in [0.1, 0.15) is 12.4 Å². The Labute approximate surface area is 154 Å². The van der Waals surface area contributed by atoms with Crippen LogP contribution in [0.4, 0.5) is 4.39 Å². The molecule has 2 aromatic heterocycles. The molecule has 1 aromatic carbocycles. The maximum Gasteiger partial charge on any atom is 0.241 e. The first kappa shape index (κ1) is 19.0. The Morgan fingerprint density at radius 1 is 1.19 bits per heavy atom. The number of nitrogens with one attached hydrogen (secondary N) is 1. The zero-order chi connectivity index (χ0) is 19.3. The Morgan fingerprint density at radius 2 is 1.96 bits per heavy atom. The van der Waals surface area contributed by atoms with Crippen LogP contribution in [-0.2, 0) is 16.6 Å². The van der Waals surface area contributed by atoms with Crippen molar-refractivity contribution in [1.29, 1.82) is 0 Å². The first-order chi connectivity index (χ1) is 13.0. The van der Waals surface area contributed by atoms with E-state index in [0.717, 1.165) is 6.20 Å². The van der Waals surface area contributed by atoms with Gasteiger partial charge < -0.3 is 5.11 Å². The van der Waals surface area contributed by atoms with E-state index in [1.165, 1.54) is 29.1 Å². The molecule has 0 saturated heterocycles. The van der Waals surface area contributed by atoms with Crippen LogP contribution in [0, 0.1) is 5.82 Å². The van der Waals surface area contributed by atoms with Gasteiger partial charge in [-0.05, 0) is 35.9 Å². The smallest absolute Gasteiger partial charge is 0.241 e. The molecule has 3 rings (SSSR count). The summed E-state index contributed by atoms with van der Waals surface area (Å²) in [6, 6.07) is 9.76. The Balaban J connectivity index is 1.77. The molecular weight excluding hydrogens is 375 g/mol. The van der Waals surface area contributed by atoms with Crippen LogP contribution >= 0.6 is 0 Å². The number of sulfonamides is 1. The van der Waals surface area contributed by atoms with Gasteiger partial charge in [-0.2, -0.15) is 4.80 Å². The number of pyridine rings is 1. The van der Waals surface area contributed by atoms with Crippen molar-refractivity contribution in [3.05, 3.63) is 66.0 Å². The lowest BCUT2D eigenvalue weighted by Crippen LogP contribution is -2.30. The maximum atomic E-state index is 12.9. The SMILES string of the molecule is O=S(=O)(NC(CCO)c1nnn(Cc2ccc(F)cn2)n1)c1ccccc1. The third kappa shape index (κ3) is 4.90. The molecule has 1 unspecified atom stereocenters. The highest BCUT2D eigenvalue weighted by atomic mass is 32.2. The minimum atomic E-state index is -3.82. The van der Waals surface area contributed by atoms with Crippen LogP contribution in [-0.4, -0.2) is 45.3 Å². The molecule has 1 atom stereocenters. The van der Waals surface area contributed by atoms with E-state index in [2.05, 4.69) is 25.1 Å². The Bertz CT molecular complexity index is 979. The van der Waals surface area contributed by atoms with Gasteiger partial charge in [-0.15, -0.1) is 10.2 Å². The summed E-state index contributed by atoms with van der Waals surface area (Å²) < 4.78 is 40.4. The number of nitrogens with zero attached hydrogens (tertiary/aromatic N) is 5. The molecule has 0 spiro atoms. The number of benzene rings is 1. The highest BCUT2D eigenvalue weighted by Crippen LogP contribution is 2.17. The summed E-state index contributed by atoms with van der Waals surface area (Å²) in [5.74, 6) is -0.338. The molecule has 0 aliphatic heterocycles. The predicted octanol–water partition coefficient (Wildman–Crippen LogP) is 0.657. The van der Waals surface area contributed by atoms with Gasteiger partial charge in [-0.25, -0.2) is 17.5 Å². The number of tetrazole rings is 1. The first-order valence-electron chi connectivity index (χ1n) is 8.04. The van der Waals surface area contributed by atoms with Crippen LogP contribution in [0.2, 0.25) is 0 Å². The van der Waals surface area contributed by atoms with Gasteiger partial charge in [0.15, 0.2) is 5.82 Å². The fraction of sp³-hybridized carbons (Fsp3) is 0.250. The largest absolute Gasteiger partial charge is 0.396 e. The highest BCUT2D eigenvalue weighted by Gasteiger charge is 2.24. The van der Waals surface area contributed by atoms with E-state index in [0.29, 0.717) is 5.69 Å². The second kappa shape index (κ2) is 8.29. The monoisotopic (exact) mass is 392 g/mol. The number of aromatic nitrogens is 5. The molecule has 0 fully saturated rings. The van der Waals surface area contributed by atoms with E-state index < -0.39 is 21.9 Å². The number of halogens is 1. The summed E-state index contributed by atoms with van der Waals surface area (Å²) in [6.07, 6.45) is 1.16. The van der Waals surface area contributed by atoms with E-state index in [1.807, 2.05) is 0 Å². The molecule has 0 radical (unpaired) electrons. The molecule has 0 aliphatic rings. The molecule has 2 N–H and O–H groups in total. The minimum Gasteiger partial charge on any atom is -0.396 e. The van der Waals surface area contributed by atoms with E-state index in [-0.39, 0.29) is 30.3 Å². The molecular formula is C16H17FN6O3S. The van der Waals surface area contributed by atoms with Crippen LogP contribution in [0.5, 0.6) is 0 Å². The number of hydrogen-bond donors (Lipinski definition) is 2. The Morgan fingerprint density at radius 3 is 2.63 bits per heavy atom. The second-order valence-electron chi connectivity index (χ2n) is 5.65.